The van der Waals surface area contributed by atoms with E-state index in [0.29, 0.717) is 12.0 Å². The molecule has 37 heavy (non-hydrogen) atoms. The lowest BCUT2D eigenvalue weighted by atomic mass is 9.97. The second-order valence-corrected chi connectivity index (χ2v) is 8.19. The molecule has 0 bridgehead atoms. The zero-order valence-electron chi connectivity index (χ0n) is 21.0. The van der Waals surface area contributed by atoms with Crippen molar-refractivity contribution in [3.8, 4) is 5.75 Å². The Hall–Kier alpha value is -4.00. The van der Waals surface area contributed by atoms with Gasteiger partial charge in [0.05, 0.1) is 7.11 Å². The standard InChI is InChI=1S/C24H28N2O11/c1-6-8-15-11-25-21-16(9-7-10-26(21)22(15)30)36-24-20(35-14(4)29)18(34-13(3)28)17(33-12(2)27)19(37-24)23(31)32-5/h7,9-11,17-20,24H,6,8H2,1-5H3/t17-,18?,19?,20?,24+/m0/s1. The molecule has 0 radical (unpaired) electrons. The maximum absolute atomic E-state index is 12.9. The number of rotatable bonds is 8. The lowest BCUT2D eigenvalue weighted by Crippen LogP contribution is -2.64. The van der Waals surface area contributed by atoms with Crippen LogP contribution < -0.4 is 10.3 Å². The number of aryl methyl sites for hydroxylation is 1. The third kappa shape index (κ3) is 6.23. The normalized spacial score (nSPS) is 23.1. The molecule has 0 amide bonds. The fourth-order valence-corrected chi connectivity index (χ4v) is 3.95. The minimum atomic E-state index is -1.61. The molecule has 0 spiro atoms. The quantitative estimate of drug-likeness (QED) is 0.355. The number of pyridine rings is 1. The highest BCUT2D eigenvalue weighted by molar-refractivity contribution is 5.77. The number of fused-ring (bicyclic) bond motifs is 1. The molecule has 0 saturated carbocycles. The van der Waals surface area contributed by atoms with Crippen LogP contribution in [0.2, 0.25) is 0 Å². The maximum Gasteiger partial charge on any atom is 0.339 e. The summed E-state index contributed by atoms with van der Waals surface area (Å²) < 4.78 is 33.7. The molecule has 3 unspecified atom stereocenters. The number of carbonyl (C=O) groups is 4. The van der Waals surface area contributed by atoms with Gasteiger partial charge in [0.25, 0.3) is 5.56 Å². The van der Waals surface area contributed by atoms with Crippen molar-refractivity contribution < 1.29 is 47.6 Å². The smallest absolute Gasteiger partial charge is 0.339 e. The molecular formula is C24H28N2O11. The number of esters is 4. The van der Waals surface area contributed by atoms with Crippen LogP contribution >= 0.6 is 0 Å². The summed E-state index contributed by atoms with van der Waals surface area (Å²) in [5.41, 5.74) is 0.339. The molecule has 200 valence electrons. The van der Waals surface area contributed by atoms with Gasteiger partial charge in [-0.25, -0.2) is 9.78 Å². The van der Waals surface area contributed by atoms with Gasteiger partial charge in [0.1, 0.15) is 0 Å². The Kier molecular flexibility index (Phi) is 8.81. The van der Waals surface area contributed by atoms with Gasteiger partial charge in [0, 0.05) is 38.7 Å². The van der Waals surface area contributed by atoms with Crippen LogP contribution in [-0.2, 0) is 49.3 Å². The van der Waals surface area contributed by atoms with Gasteiger partial charge in [0.15, 0.2) is 29.7 Å². The molecule has 3 heterocycles. The van der Waals surface area contributed by atoms with E-state index in [4.69, 9.17) is 28.4 Å². The Bertz CT molecular complexity index is 1240. The van der Waals surface area contributed by atoms with Gasteiger partial charge in [-0.15, -0.1) is 0 Å². The molecule has 1 saturated heterocycles. The monoisotopic (exact) mass is 520 g/mol. The van der Waals surface area contributed by atoms with Gasteiger partial charge in [-0.2, -0.15) is 0 Å². The average molecular weight is 520 g/mol. The second kappa shape index (κ2) is 11.8. The van der Waals surface area contributed by atoms with Crippen LogP contribution in [0.1, 0.15) is 39.7 Å². The van der Waals surface area contributed by atoms with Gasteiger partial charge in [0.2, 0.25) is 12.4 Å². The summed E-state index contributed by atoms with van der Waals surface area (Å²) in [4.78, 5) is 65.5. The summed E-state index contributed by atoms with van der Waals surface area (Å²) >= 11 is 0. The lowest BCUT2D eigenvalue weighted by Gasteiger charge is -2.43. The van der Waals surface area contributed by atoms with Crippen LogP contribution in [-0.4, -0.2) is 71.1 Å². The average Bonchev–Trinajstić information content (AvgIpc) is 2.83. The Morgan fingerprint density at radius 3 is 2.22 bits per heavy atom. The van der Waals surface area contributed by atoms with Gasteiger partial charge >= 0.3 is 23.9 Å². The maximum atomic E-state index is 12.9. The highest BCUT2D eigenvalue weighted by atomic mass is 16.7. The van der Waals surface area contributed by atoms with Crippen molar-refractivity contribution in [3.05, 3.63) is 40.4 Å². The molecule has 0 N–H and O–H groups in total. The fourth-order valence-electron chi connectivity index (χ4n) is 3.95. The van der Waals surface area contributed by atoms with Gasteiger partial charge in [-0.1, -0.05) is 13.3 Å². The van der Waals surface area contributed by atoms with Crippen LogP contribution in [0.25, 0.3) is 5.65 Å². The molecule has 2 aromatic rings. The highest BCUT2D eigenvalue weighted by Crippen LogP contribution is 2.32. The summed E-state index contributed by atoms with van der Waals surface area (Å²) in [6.45, 7) is 5.20. The predicted molar refractivity (Wildman–Crippen MR) is 123 cm³/mol. The van der Waals surface area contributed by atoms with Crippen molar-refractivity contribution in [2.24, 2.45) is 0 Å². The number of aromatic nitrogens is 2. The van der Waals surface area contributed by atoms with E-state index in [2.05, 4.69) is 4.98 Å². The molecule has 0 aliphatic carbocycles. The molecule has 13 nitrogen and oxygen atoms in total. The Balaban J connectivity index is 2.10. The van der Waals surface area contributed by atoms with E-state index in [-0.39, 0.29) is 17.0 Å². The van der Waals surface area contributed by atoms with Crippen LogP contribution in [0.5, 0.6) is 5.75 Å². The van der Waals surface area contributed by atoms with Gasteiger partial charge < -0.3 is 28.4 Å². The van der Waals surface area contributed by atoms with Crippen molar-refractivity contribution in [2.45, 2.75) is 71.2 Å². The van der Waals surface area contributed by atoms with E-state index in [1.807, 2.05) is 6.92 Å². The third-order valence-corrected chi connectivity index (χ3v) is 5.36. The Morgan fingerprint density at radius 1 is 1.00 bits per heavy atom. The van der Waals surface area contributed by atoms with Crippen molar-refractivity contribution in [1.29, 1.82) is 0 Å². The molecular weight excluding hydrogens is 492 g/mol. The summed E-state index contributed by atoms with van der Waals surface area (Å²) in [7, 11) is 1.08. The number of methoxy groups -OCH3 is 1. The van der Waals surface area contributed by atoms with Crippen LogP contribution in [0.4, 0.5) is 0 Å². The van der Waals surface area contributed by atoms with Crippen molar-refractivity contribution in [3.63, 3.8) is 0 Å². The van der Waals surface area contributed by atoms with E-state index >= 15 is 0 Å². The third-order valence-electron chi connectivity index (χ3n) is 5.36. The number of ether oxygens (including phenoxy) is 6. The summed E-state index contributed by atoms with van der Waals surface area (Å²) in [6.07, 6.45) is -3.47. The summed E-state index contributed by atoms with van der Waals surface area (Å²) in [6, 6.07) is 3.02. The minimum absolute atomic E-state index is 0.0425. The van der Waals surface area contributed by atoms with E-state index in [9.17, 15) is 24.0 Å². The van der Waals surface area contributed by atoms with Gasteiger partial charge in [-0.3, -0.25) is 23.6 Å². The summed E-state index contributed by atoms with van der Waals surface area (Å²) in [5.74, 6) is -3.35. The van der Waals surface area contributed by atoms with Crippen molar-refractivity contribution in [1.82, 2.24) is 9.38 Å². The molecule has 2 aromatic heterocycles. The van der Waals surface area contributed by atoms with Gasteiger partial charge in [-0.05, 0) is 18.6 Å². The first-order valence-corrected chi connectivity index (χ1v) is 11.5. The molecule has 1 fully saturated rings. The number of carbonyl (C=O) groups excluding carboxylic acids is 4. The molecule has 1 aliphatic rings. The van der Waals surface area contributed by atoms with Crippen molar-refractivity contribution in [2.75, 3.05) is 7.11 Å². The SMILES string of the molecule is CCCc1cnc2c(O[C@@H]3OC(C(=O)OC)[C@@H](OC(C)=O)C(OC(C)=O)C3OC(C)=O)cccn2c1=O. The number of hydrogen-bond donors (Lipinski definition) is 0. The van der Waals surface area contributed by atoms with E-state index in [0.717, 1.165) is 34.3 Å². The fraction of sp³-hybridized carbons (Fsp3) is 0.500. The van der Waals surface area contributed by atoms with Crippen LogP contribution in [0, 0.1) is 0 Å². The van der Waals surface area contributed by atoms with E-state index in [1.165, 1.54) is 28.9 Å². The van der Waals surface area contributed by atoms with Crippen molar-refractivity contribution >= 4 is 29.5 Å². The molecule has 5 atom stereocenters. The topological polar surface area (TPSA) is 158 Å². The molecule has 3 rings (SSSR count). The highest BCUT2D eigenvalue weighted by Gasteiger charge is 2.56. The first-order valence-electron chi connectivity index (χ1n) is 11.5. The van der Waals surface area contributed by atoms with Crippen LogP contribution in [0.3, 0.4) is 0 Å². The molecule has 1 aliphatic heterocycles. The van der Waals surface area contributed by atoms with E-state index in [1.54, 1.807) is 0 Å². The number of hydrogen-bond acceptors (Lipinski definition) is 12. The first kappa shape index (κ1) is 27.6. The minimum Gasteiger partial charge on any atom is -0.467 e. The summed E-state index contributed by atoms with van der Waals surface area (Å²) in [5, 5.41) is 0. The lowest BCUT2D eigenvalue weighted by molar-refractivity contribution is -0.282. The predicted octanol–water partition coefficient (Wildman–Crippen LogP) is 0.719. The second-order valence-electron chi connectivity index (χ2n) is 8.19. The molecule has 0 aromatic carbocycles. The zero-order chi connectivity index (χ0) is 27.3. The van der Waals surface area contributed by atoms with E-state index < -0.39 is 54.6 Å². The Labute approximate surface area is 211 Å². The zero-order valence-corrected chi connectivity index (χ0v) is 21.0. The largest absolute Gasteiger partial charge is 0.467 e. The number of nitrogens with zero attached hydrogens (tertiary/aromatic N) is 2. The molecule has 13 heteroatoms. The Morgan fingerprint density at radius 2 is 1.62 bits per heavy atom. The first-order chi connectivity index (χ1) is 17.6. The van der Waals surface area contributed by atoms with Crippen LogP contribution in [0.15, 0.2) is 29.3 Å².